The molecule has 2 rings (SSSR count). The van der Waals surface area contributed by atoms with E-state index < -0.39 is 4.92 Å². The van der Waals surface area contributed by atoms with E-state index in [0.29, 0.717) is 43.4 Å². The van der Waals surface area contributed by atoms with Crippen LogP contribution in [0.5, 0.6) is 17.2 Å². The average Bonchev–Trinajstić information content (AvgIpc) is 2.69. The molecule has 2 aromatic rings. The molecule has 0 radical (unpaired) electrons. The number of hydrogen-bond acceptors (Lipinski definition) is 6. The van der Waals surface area contributed by atoms with Crippen molar-refractivity contribution in [3.63, 3.8) is 0 Å². The summed E-state index contributed by atoms with van der Waals surface area (Å²) in [6.45, 7) is 5.21. The molecule has 8 heteroatoms. The van der Waals surface area contributed by atoms with Gasteiger partial charge in [0.2, 0.25) is 0 Å². The van der Waals surface area contributed by atoms with Crippen LogP contribution in [0.15, 0.2) is 42.5 Å². The summed E-state index contributed by atoms with van der Waals surface area (Å²) in [5.74, 6) is 1.52. The molecule has 0 saturated heterocycles. The Hall–Kier alpha value is -3.29. The molecule has 150 valence electrons. The lowest BCUT2D eigenvalue weighted by molar-refractivity contribution is -0.384. The summed E-state index contributed by atoms with van der Waals surface area (Å²) in [7, 11) is 0. The minimum absolute atomic E-state index is 0.0291. The molecule has 0 aliphatic rings. The summed E-state index contributed by atoms with van der Waals surface area (Å²) in [4.78, 5) is 22.0. The number of carbonyl (C=O) groups excluding carboxylic acids is 1. The predicted octanol–water partition coefficient (Wildman–Crippen LogP) is 3.13. The quantitative estimate of drug-likeness (QED) is 0.469. The molecular formula is C20H24N2O6. The highest BCUT2D eigenvalue weighted by atomic mass is 16.6. The maximum atomic E-state index is 11.9. The van der Waals surface area contributed by atoms with Crippen LogP contribution in [0.1, 0.15) is 19.4 Å². The van der Waals surface area contributed by atoms with Crippen molar-refractivity contribution >= 4 is 11.6 Å². The van der Waals surface area contributed by atoms with Crippen LogP contribution in [-0.4, -0.2) is 37.2 Å². The largest absolute Gasteiger partial charge is 0.490 e. The second-order valence-corrected chi connectivity index (χ2v) is 5.79. The summed E-state index contributed by atoms with van der Waals surface area (Å²) in [5, 5.41) is 13.4. The van der Waals surface area contributed by atoms with Gasteiger partial charge in [0.05, 0.1) is 18.1 Å². The fourth-order valence-electron chi connectivity index (χ4n) is 2.46. The highest BCUT2D eigenvalue weighted by Crippen LogP contribution is 2.28. The zero-order valence-corrected chi connectivity index (χ0v) is 16.0. The van der Waals surface area contributed by atoms with Crippen molar-refractivity contribution in [1.82, 2.24) is 5.32 Å². The van der Waals surface area contributed by atoms with Gasteiger partial charge in [-0.15, -0.1) is 0 Å². The van der Waals surface area contributed by atoms with Crippen molar-refractivity contribution in [3.8, 4) is 17.2 Å². The predicted molar refractivity (Wildman–Crippen MR) is 104 cm³/mol. The number of amides is 1. The Morgan fingerprint density at radius 3 is 2.32 bits per heavy atom. The van der Waals surface area contributed by atoms with Crippen LogP contribution in [0.3, 0.4) is 0 Å². The smallest absolute Gasteiger partial charge is 0.269 e. The summed E-state index contributed by atoms with van der Waals surface area (Å²) < 4.78 is 16.5. The van der Waals surface area contributed by atoms with Gasteiger partial charge in [0.25, 0.3) is 11.6 Å². The molecule has 0 heterocycles. The SMILES string of the molecule is CCOc1ccc(CCNC(=O)COc2ccc([N+](=O)[O-])cc2)cc1OCC. The van der Waals surface area contributed by atoms with E-state index in [4.69, 9.17) is 14.2 Å². The molecule has 0 bridgehead atoms. The van der Waals surface area contributed by atoms with Gasteiger partial charge in [0.1, 0.15) is 5.75 Å². The van der Waals surface area contributed by atoms with E-state index in [2.05, 4.69) is 5.32 Å². The van der Waals surface area contributed by atoms with Crippen molar-refractivity contribution in [1.29, 1.82) is 0 Å². The van der Waals surface area contributed by atoms with Crippen LogP contribution in [0.4, 0.5) is 5.69 Å². The van der Waals surface area contributed by atoms with E-state index in [0.717, 1.165) is 5.56 Å². The lowest BCUT2D eigenvalue weighted by atomic mass is 10.1. The zero-order chi connectivity index (χ0) is 20.4. The zero-order valence-electron chi connectivity index (χ0n) is 16.0. The van der Waals surface area contributed by atoms with E-state index in [1.165, 1.54) is 24.3 Å². The first-order valence-corrected chi connectivity index (χ1v) is 9.06. The normalized spacial score (nSPS) is 10.2. The van der Waals surface area contributed by atoms with Crippen molar-refractivity contribution in [2.45, 2.75) is 20.3 Å². The summed E-state index contributed by atoms with van der Waals surface area (Å²) >= 11 is 0. The molecule has 2 aromatic carbocycles. The Morgan fingerprint density at radius 2 is 1.68 bits per heavy atom. The highest BCUT2D eigenvalue weighted by Gasteiger charge is 2.08. The first kappa shape index (κ1) is 21.0. The number of benzene rings is 2. The van der Waals surface area contributed by atoms with Gasteiger partial charge in [0.15, 0.2) is 18.1 Å². The summed E-state index contributed by atoms with van der Waals surface area (Å²) in [6, 6.07) is 11.3. The number of ether oxygens (including phenoxy) is 3. The number of rotatable bonds is 11. The van der Waals surface area contributed by atoms with E-state index >= 15 is 0 Å². The van der Waals surface area contributed by atoms with Crippen molar-refractivity contribution < 1.29 is 23.9 Å². The molecular weight excluding hydrogens is 364 g/mol. The Bertz CT molecular complexity index is 792. The van der Waals surface area contributed by atoms with Gasteiger partial charge in [-0.05, 0) is 50.1 Å². The molecule has 0 aliphatic carbocycles. The maximum absolute atomic E-state index is 11.9. The molecule has 0 aliphatic heterocycles. The second-order valence-electron chi connectivity index (χ2n) is 5.79. The van der Waals surface area contributed by atoms with Crippen molar-refractivity contribution in [2.75, 3.05) is 26.4 Å². The number of nitrogens with one attached hydrogen (secondary N) is 1. The third kappa shape index (κ3) is 6.46. The first-order valence-electron chi connectivity index (χ1n) is 9.06. The third-order valence-corrected chi connectivity index (χ3v) is 3.76. The monoisotopic (exact) mass is 388 g/mol. The second kappa shape index (κ2) is 10.8. The Labute approximate surface area is 163 Å². The molecule has 0 spiro atoms. The summed E-state index contributed by atoms with van der Waals surface area (Å²) in [5.41, 5.74) is 0.988. The number of non-ortho nitro benzene ring substituents is 1. The van der Waals surface area contributed by atoms with E-state index in [1.807, 2.05) is 32.0 Å². The Morgan fingerprint density at radius 1 is 1.00 bits per heavy atom. The van der Waals surface area contributed by atoms with Gasteiger partial charge >= 0.3 is 0 Å². The number of hydrogen-bond donors (Lipinski definition) is 1. The first-order chi connectivity index (χ1) is 13.5. The van der Waals surface area contributed by atoms with Crippen LogP contribution < -0.4 is 19.5 Å². The Kier molecular flexibility index (Phi) is 8.08. The Balaban J connectivity index is 1.78. The molecule has 0 atom stereocenters. The van der Waals surface area contributed by atoms with E-state index in [9.17, 15) is 14.9 Å². The average molecular weight is 388 g/mol. The van der Waals surface area contributed by atoms with Gasteiger partial charge in [-0.25, -0.2) is 0 Å². The minimum Gasteiger partial charge on any atom is -0.490 e. The van der Waals surface area contributed by atoms with Crippen LogP contribution in [0.2, 0.25) is 0 Å². The molecule has 28 heavy (non-hydrogen) atoms. The standard InChI is InChI=1S/C20H24N2O6/c1-3-26-18-10-5-15(13-19(18)27-4-2)11-12-21-20(23)14-28-17-8-6-16(7-9-17)22(24)25/h5-10,13H,3-4,11-12,14H2,1-2H3,(H,21,23). The highest BCUT2D eigenvalue weighted by molar-refractivity contribution is 5.77. The lowest BCUT2D eigenvalue weighted by Gasteiger charge is -2.12. The third-order valence-electron chi connectivity index (χ3n) is 3.76. The minimum atomic E-state index is -0.492. The fourth-order valence-corrected chi connectivity index (χ4v) is 2.46. The number of nitro benzene ring substituents is 1. The molecule has 1 N–H and O–H groups in total. The molecule has 0 fully saturated rings. The van der Waals surface area contributed by atoms with Gasteiger partial charge in [0, 0.05) is 18.7 Å². The van der Waals surface area contributed by atoms with Crippen molar-refractivity contribution in [2.24, 2.45) is 0 Å². The van der Waals surface area contributed by atoms with Crippen LogP contribution in [0, 0.1) is 10.1 Å². The summed E-state index contributed by atoms with van der Waals surface area (Å²) in [6.07, 6.45) is 0.635. The van der Waals surface area contributed by atoms with Gasteiger partial charge in [-0.3, -0.25) is 14.9 Å². The molecule has 0 aromatic heterocycles. The van der Waals surface area contributed by atoms with E-state index in [1.54, 1.807) is 0 Å². The number of nitrogens with zero attached hydrogens (tertiary/aromatic N) is 1. The van der Waals surface area contributed by atoms with Gasteiger partial charge < -0.3 is 19.5 Å². The van der Waals surface area contributed by atoms with Crippen LogP contribution >= 0.6 is 0 Å². The van der Waals surface area contributed by atoms with Gasteiger partial charge in [-0.2, -0.15) is 0 Å². The maximum Gasteiger partial charge on any atom is 0.269 e. The van der Waals surface area contributed by atoms with Crippen LogP contribution in [-0.2, 0) is 11.2 Å². The van der Waals surface area contributed by atoms with Crippen LogP contribution in [0.25, 0.3) is 0 Å². The van der Waals surface area contributed by atoms with E-state index in [-0.39, 0.29) is 18.2 Å². The topological polar surface area (TPSA) is 99.9 Å². The van der Waals surface area contributed by atoms with Gasteiger partial charge in [-0.1, -0.05) is 6.07 Å². The number of carbonyl (C=O) groups is 1. The van der Waals surface area contributed by atoms with Crippen molar-refractivity contribution in [3.05, 3.63) is 58.1 Å². The lowest BCUT2D eigenvalue weighted by Crippen LogP contribution is -2.30. The molecule has 1 amide bonds. The fraction of sp³-hybridized carbons (Fsp3) is 0.350. The molecule has 0 saturated carbocycles. The molecule has 8 nitrogen and oxygen atoms in total. The number of nitro groups is 1. The molecule has 0 unspecified atom stereocenters.